The summed E-state index contributed by atoms with van der Waals surface area (Å²) in [6.07, 6.45) is 4.32. The van der Waals surface area contributed by atoms with Gasteiger partial charge in [-0.15, -0.1) is 0 Å². The van der Waals surface area contributed by atoms with E-state index in [-0.39, 0.29) is 5.75 Å². The smallest absolute Gasteiger partial charge is 0.213 e. The molecular formula is C13H25N5O2S. The Morgan fingerprint density at radius 1 is 1.05 bits per heavy atom. The molecule has 0 amide bonds. The predicted molar refractivity (Wildman–Crippen MR) is 86.1 cm³/mol. The van der Waals surface area contributed by atoms with Crippen LogP contribution in [-0.4, -0.2) is 44.3 Å². The van der Waals surface area contributed by atoms with E-state index in [1.54, 1.807) is 0 Å². The Labute approximate surface area is 127 Å². The molecule has 0 aliphatic carbocycles. The highest BCUT2D eigenvalue weighted by Crippen LogP contribution is 2.21. The lowest BCUT2D eigenvalue weighted by Gasteiger charge is -2.14. The Morgan fingerprint density at radius 2 is 1.67 bits per heavy atom. The molecule has 1 rings (SSSR count). The Hall–Kier alpha value is -1.41. The van der Waals surface area contributed by atoms with Crippen LogP contribution in [0.2, 0.25) is 0 Å². The molecule has 0 aromatic carbocycles. The largest absolute Gasteiger partial charge is 0.370 e. The van der Waals surface area contributed by atoms with E-state index in [0.717, 1.165) is 37.2 Å². The summed E-state index contributed by atoms with van der Waals surface area (Å²) in [5.74, 6) is 1.54. The maximum absolute atomic E-state index is 11.4. The van der Waals surface area contributed by atoms with Crippen LogP contribution in [0.4, 0.5) is 11.6 Å². The summed E-state index contributed by atoms with van der Waals surface area (Å²) in [5.41, 5.74) is 1.01. The van der Waals surface area contributed by atoms with E-state index in [1.807, 2.05) is 0 Å². The zero-order chi connectivity index (χ0) is 15.7. The van der Waals surface area contributed by atoms with Crippen molar-refractivity contribution in [1.29, 1.82) is 0 Å². The van der Waals surface area contributed by atoms with Gasteiger partial charge in [-0.1, -0.05) is 20.3 Å². The van der Waals surface area contributed by atoms with E-state index in [4.69, 9.17) is 0 Å². The van der Waals surface area contributed by atoms with Crippen LogP contribution in [0.1, 0.15) is 32.3 Å². The van der Waals surface area contributed by atoms with E-state index in [1.165, 1.54) is 13.4 Å². The van der Waals surface area contributed by atoms with Gasteiger partial charge in [-0.2, -0.15) is 0 Å². The number of aromatic nitrogens is 2. The lowest BCUT2D eigenvalue weighted by molar-refractivity contribution is 0.588. The quantitative estimate of drug-likeness (QED) is 0.600. The number of sulfonamides is 1. The van der Waals surface area contributed by atoms with E-state index < -0.39 is 10.0 Å². The van der Waals surface area contributed by atoms with Crippen molar-refractivity contribution in [3.05, 3.63) is 11.9 Å². The first-order valence-corrected chi connectivity index (χ1v) is 8.92. The molecular weight excluding hydrogens is 290 g/mol. The molecule has 0 radical (unpaired) electrons. The normalized spacial score (nSPS) is 11.4. The molecule has 0 atom stereocenters. The number of hydrogen-bond acceptors (Lipinski definition) is 6. The number of nitrogens with zero attached hydrogens (tertiary/aromatic N) is 2. The molecule has 0 saturated heterocycles. The number of hydrogen-bond donors (Lipinski definition) is 3. The Morgan fingerprint density at radius 3 is 2.19 bits per heavy atom. The third-order valence-electron chi connectivity index (χ3n) is 2.96. The molecule has 0 bridgehead atoms. The summed E-state index contributed by atoms with van der Waals surface area (Å²) >= 11 is 0. The van der Waals surface area contributed by atoms with Crippen LogP contribution in [0.25, 0.3) is 0 Å². The second-order valence-electron chi connectivity index (χ2n) is 4.68. The third kappa shape index (κ3) is 5.84. The molecule has 8 heteroatoms. The van der Waals surface area contributed by atoms with Crippen LogP contribution in [0.3, 0.4) is 0 Å². The molecule has 0 saturated carbocycles. The molecule has 0 aliphatic rings. The predicted octanol–water partition coefficient (Wildman–Crippen LogP) is 1.21. The highest BCUT2D eigenvalue weighted by atomic mass is 32.2. The number of nitrogens with one attached hydrogen (secondary N) is 3. The minimum atomic E-state index is -3.21. The van der Waals surface area contributed by atoms with Crippen LogP contribution in [0, 0.1) is 0 Å². The minimum absolute atomic E-state index is 0.0107. The van der Waals surface area contributed by atoms with Gasteiger partial charge in [0.15, 0.2) is 0 Å². The monoisotopic (exact) mass is 315 g/mol. The molecule has 0 aliphatic heterocycles. The third-order valence-corrected chi connectivity index (χ3v) is 4.33. The standard InChI is InChI=1S/C13H25N5O2S/c1-4-6-11-12(15-7-5-2)17-10-18-13(11)16-8-9-21(19,20)14-3/h10,14H,4-9H2,1-3H3,(H2,15,16,17,18). The van der Waals surface area contributed by atoms with Crippen molar-refractivity contribution in [2.24, 2.45) is 0 Å². The number of rotatable bonds is 10. The Bertz CT molecular complexity index is 533. The van der Waals surface area contributed by atoms with E-state index >= 15 is 0 Å². The average molecular weight is 315 g/mol. The van der Waals surface area contributed by atoms with E-state index in [0.29, 0.717) is 12.4 Å². The second-order valence-corrected chi connectivity index (χ2v) is 6.72. The van der Waals surface area contributed by atoms with Gasteiger partial charge in [-0.25, -0.2) is 23.1 Å². The molecule has 1 aromatic rings. The summed E-state index contributed by atoms with van der Waals surface area (Å²) in [5, 5.41) is 6.38. The highest BCUT2D eigenvalue weighted by molar-refractivity contribution is 7.89. The molecule has 1 heterocycles. The van der Waals surface area contributed by atoms with Crippen molar-refractivity contribution in [2.45, 2.75) is 33.1 Å². The van der Waals surface area contributed by atoms with Crippen LogP contribution in [0.15, 0.2) is 6.33 Å². The Kier molecular flexibility index (Phi) is 7.38. The Balaban J connectivity index is 2.80. The van der Waals surface area contributed by atoms with E-state index in [9.17, 15) is 8.42 Å². The van der Waals surface area contributed by atoms with Crippen molar-refractivity contribution in [3.63, 3.8) is 0 Å². The van der Waals surface area contributed by atoms with Gasteiger partial charge in [0.2, 0.25) is 10.0 Å². The van der Waals surface area contributed by atoms with Crippen molar-refractivity contribution < 1.29 is 8.42 Å². The first kappa shape index (κ1) is 17.6. The zero-order valence-electron chi connectivity index (χ0n) is 12.9. The fourth-order valence-corrected chi connectivity index (χ4v) is 2.43. The first-order chi connectivity index (χ1) is 10.0. The van der Waals surface area contributed by atoms with Crippen LogP contribution < -0.4 is 15.4 Å². The maximum atomic E-state index is 11.4. The summed E-state index contributed by atoms with van der Waals surface area (Å²) in [6, 6.07) is 0. The molecule has 120 valence electrons. The van der Waals surface area contributed by atoms with Gasteiger partial charge >= 0.3 is 0 Å². The lowest BCUT2D eigenvalue weighted by atomic mass is 10.1. The van der Waals surface area contributed by atoms with Gasteiger partial charge in [0.05, 0.1) is 5.75 Å². The SMILES string of the molecule is CCCNc1ncnc(NCCS(=O)(=O)NC)c1CCC. The van der Waals surface area contributed by atoms with Crippen LogP contribution in [-0.2, 0) is 16.4 Å². The summed E-state index contributed by atoms with van der Waals surface area (Å²) < 4.78 is 25.1. The van der Waals surface area contributed by atoms with Gasteiger partial charge in [0.1, 0.15) is 18.0 Å². The molecule has 0 fully saturated rings. The van der Waals surface area contributed by atoms with Gasteiger partial charge in [0, 0.05) is 18.7 Å². The van der Waals surface area contributed by atoms with Crippen molar-refractivity contribution in [3.8, 4) is 0 Å². The summed E-state index contributed by atoms with van der Waals surface area (Å²) in [6.45, 7) is 5.34. The fourth-order valence-electron chi connectivity index (χ4n) is 1.85. The van der Waals surface area contributed by atoms with Gasteiger partial charge in [-0.3, -0.25) is 0 Å². The first-order valence-electron chi connectivity index (χ1n) is 7.26. The van der Waals surface area contributed by atoms with Crippen molar-refractivity contribution in [2.75, 3.05) is 36.5 Å². The molecule has 1 aromatic heterocycles. The number of anilines is 2. The highest BCUT2D eigenvalue weighted by Gasteiger charge is 2.12. The van der Waals surface area contributed by atoms with Crippen molar-refractivity contribution >= 4 is 21.7 Å². The van der Waals surface area contributed by atoms with Gasteiger partial charge in [-0.05, 0) is 19.9 Å². The van der Waals surface area contributed by atoms with E-state index in [2.05, 4.69) is 39.2 Å². The molecule has 0 spiro atoms. The molecule has 3 N–H and O–H groups in total. The summed E-state index contributed by atoms with van der Waals surface area (Å²) in [4.78, 5) is 8.51. The van der Waals surface area contributed by atoms with Gasteiger partial charge < -0.3 is 10.6 Å². The molecule has 7 nitrogen and oxygen atoms in total. The van der Waals surface area contributed by atoms with Crippen LogP contribution in [0.5, 0.6) is 0 Å². The average Bonchev–Trinajstić information content (AvgIpc) is 2.47. The summed E-state index contributed by atoms with van der Waals surface area (Å²) in [7, 11) is -1.80. The molecule has 21 heavy (non-hydrogen) atoms. The van der Waals surface area contributed by atoms with Crippen molar-refractivity contribution in [1.82, 2.24) is 14.7 Å². The minimum Gasteiger partial charge on any atom is -0.370 e. The van der Waals surface area contributed by atoms with Crippen LogP contribution >= 0.6 is 0 Å². The maximum Gasteiger partial charge on any atom is 0.213 e. The van der Waals surface area contributed by atoms with Gasteiger partial charge in [0.25, 0.3) is 0 Å². The second kappa shape index (κ2) is 8.78. The topological polar surface area (TPSA) is 96.0 Å². The lowest BCUT2D eigenvalue weighted by Crippen LogP contribution is -2.26. The zero-order valence-corrected chi connectivity index (χ0v) is 13.8. The fraction of sp³-hybridized carbons (Fsp3) is 0.692. The molecule has 0 unspecified atom stereocenters.